The minimum absolute atomic E-state index is 0.353. The number of thioether (sulfide) groups is 1. The van der Waals surface area contributed by atoms with Crippen molar-refractivity contribution in [3.63, 3.8) is 0 Å². The van der Waals surface area contributed by atoms with Gasteiger partial charge in [-0.3, -0.25) is 9.59 Å². The number of oxime groups is 1. The summed E-state index contributed by atoms with van der Waals surface area (Å²) < 4.78 is 0. The molecule has 0 bridgehead atoms. The molecule has 0 aliphatic carbocycles. The Morgan fingerprint density at radius 1 is 1.57 bits per heavy atom. The minimum atomic E-state index is -0.911. The van der Waals surface area contributed by atoms with Gasteiger partial charge in [0.1, 0.15) is 5.55 Å². The summed E-state index contributed by atoms with van der Waals surface area (Å²) in [5, 5.41) is 12.4. The third kappa shape index (κ3) is 3.65. The molecule has 2 N–H and O–H groups in total. The Labute approximate surface area is 86.3 Å². The lowest BCUT2D eigenvalue weighted by molar-refractivity contribution is -0.133. The molecule has 14 heavy (non-hydrogen) atoms. The second-order valence-corrected chi connectivity index (χ2v) is 3.54. The Morgan fingerprint density at radius 3 is 2.50 bits per heavy atom. The summed E-state index contributed by atoms with van der Waals surface area (Å²) >= 11 is 0.846. The summed E-state index contributed by atoms with van der Waals surface area (Å²) in [6.07, 6.45) is 0. The number of hydrogen-bond acceptors (Lipinski definition) is 5. The minimum Gasteiger partial charge on any atom is -0.410 e. The molecule has 80 valence electrons. The van der Waals surface area contributed by atoms with E-state index in [1.54, 1.807) is 14.1 Å². The second-order valence-electron chi connectivity index (χ2n) is 2.58. The predicted molar refractivity (Wildman–Crippen MR) is 54.4 cm³/mol. The first-order valence-corrected chi connectivity index (χ1v) is 4.73. The Bertz CT molecular complexity index is 242. The number of carbonyl (C=O) groups excluding carboxylic acids is 2. The maximum Gasteiger partial charge on any atom is 0.245 e. The monoisotopic (exact) mass is 219 g/mol. The van der Waals surface area contributed by atoms with Gasteiger partial charge in [-0.05, 0) is 0 Å². The highest BCUT2D eigenvalue weighted by molar-refractivity contribution is 8.13. The Kier molecular flexibility index (Phi) is 5.70. The van der Waals surface area contributed by atoms with Crippen LogP contribution in [0.4, 0.5) is 0 Å². The van der Waals surface area contributed by atoms with Crippen LogP contribution in [0, 0.1) is 0 Å². The molecule has 0 saturated carbocycles. The van der Waals surface area contributed by atoms with Crippen LogP contribution in [0.2, 0.25) is 0 Å². The zero-order chi connectivity index (χ0) is 11.1. The summed E-state index contributed by atoms with van der Waals surface area (Å²) in [5.41, 5.74) is 1.04. The van der Waals surface area contributed by atoms with Crippen molar-refractivity contribution in [2.45, 2.75) is 5.25 Å². The standard InChI is InChI=1S/C7H13N3O3S/c1-8-6(11)5(14-4-9-13)7(12)10(2)3/h4-5,13H,1-3H3,(H,8,11). The van der Waals surface area contributed by atoms with Crippen molar-refractivity contribution in [3.05, 3.63) is 0 Å². The number of hydrogen-bond donors (Lipinski definition) is 2. The highest BCUT2D eigenvalue weighted by Gasteiger charge is 2.27. The van der Waals surface area contributed by atoms with Gasteiger partial charge in [0.05, 0.1) is 0 Å². The van der Waals surface area contributed by atoms with Crippen molar-refractivity contribution >= 4 is 29.1 Å². The molecule has 0 saturated heterocycles. The molecular weight excluding hydrogens is 206 g/mol. The molecule has 0 aliphatic rings. The Morgan fingerprint density at radius 2 is 2.14 bits per heavy atom. The molecule has 1 unspecified atom stereocenters. The van der Waals surface area contributed by atoms with Crippen LogP contribution in [0.15, 0.2) is 5.16 Å². The van der Waals surface area contributed by atoms with Crippen LogP contribution in [0.3, 0.4) is 0 Å². The van der Waals surface area contributed by atoms with E-state index in [-0.39, 0.29) is 5.91 Å². The molecule has 0 aromatic heterocycles. The second kappa shape index (κ2) is 6.25. The molecule has 0 rings (SSSR count). The van der Waals surface area contributed by atoms with Gasteiger partial charge in [0.2, 0.25) is 11.8 Å². The van der Waals surface area contributed by atoms with Gasteiger partial charge in [-0.15, -0.1) is 0 Å². The molecule has 0 heterocycles. The van der Waals surface area contributed by atoms with Gasteiger partial charge in [0.15, 0.2) is 5.25 Å². The van der Waals surface area contributed by atoms with Gasteiger partial charge in [-0.2, -0.15) is 0 Å². The lowest BCUT2D eigenvalue weighted by Crippen LogP contribution is -2.42. The van der Waals surface area contributed by atoms with Crippen LogP contribution in [-0.2, 0) is 9.59 Å². The highest BCUT2D eigenvalue weighted by Crippen LogP contribution is 2.10. The average Bonchev–Trinajstić information content (AvgIpc) is 2.17. The molecule has 2 amide bonds. The molecule has 0 aromatic carbocycles. The number of amides is 2. The van der Waals surface area contributed by atoms with Gasteiger partial charge in [0, 0.05) is 21.1 Å². The van der Waals surface area contributed by atoms with E-state index in [1.807, 2.05) is 0 Å². The molecule has 1 atom stereocenters. The number of nitrogens with zero attached hydrogens (tertiary/aromatic N) is 2. The maximum absolute atomic E-state index is 11.5. The van der Waals surface area contributed by atoms with Crippen molar-refractivity contribution in [2.24, 2.45) is 5.16 Å². The van der Waals surface area contributed by atoms with Gasteiger partial charge in [-0.1, -0.05) is 16.9 Å². The van der Waals surface area contributed by atoms with Crippen LogP contribution in [-0.4, -0.2) is 53.9 Å². The molecular formula is C7H13N3O3S. The predicted octanol–water partition coefficient (Wildman–Crippen LogP) is -0.660. The van der Waals surface area contributed by atoms with Crippen molar-refractivity contribution in [1.29, 1.82) is 0 Å². The lowest BCUT2D eigenvalue weighted by atomic mass is 10.3. The van der Waals surface area contributed by atoms with E-state index in [0.29, 0.717) is 0 Å². The van der Waals surface area contributed by atoms with Crippen LogP contribution in [0.5, 0.6) is 0 Å². The summed E-state index contributed by atoms with van der Waals surface area (Å²) in [4.78, 5) is 24.0. The van der Waals surface area contributed by atoms with Crippen molar-refractivity contribution in [3.8, 4) is 0 Å². The summed E-state index contributed by atoms with van der Waals surface area (Å²) in [7, 11) is 4.54. The van der Waals surface area contributed by atoms with Crippen molar-refractivity contribution < 1.29 is 14.8 Å². The smallest absolute Gasteiger partial charge is 0.245 e. The first kappa shape index (κ1) is 12.8. The lowest BCUT2D eigenvalue weighted by Gasteiger charge is -2.16. The first-order valence-electron chi connectivity index (χ1n) is 3.78. The molecule has 0 spiro atoms. The average molecular weight is 219 g/mol. The zero-order valence-corrected chi connectivity index (χ0v) is 9.04. The Balaban J connectivity index is 4.54. The summed E-state index contributed by atoms with van der Waals surface area (Å²) in [6, 6.07) is 0. The zero-order valence-electron chi connectivity index (χ0n) is 8.22. The topological polar surface area (TPSA) is 82.0 Å². The number of nitrogens with one attached hydrogen (secondary N) is 1. The summed E-state index contributed by atoms with van der Waals surface area (Å²) in [6.45, 7) is 0. The van der Waals surface area contributed by atoms with Crippen LogP contribution >= 0.6 is 11.8 Å². The SMILES string of the molecule is CNC(=O)C(SC=NO)C(=O)N(C)C. The van der Waals surface area contributed by atoms with Gasteiger partial charge >= 0.3 is 0 Å². The molecule has 6 nitrogen and oxygen atoms in total. The van der Waals surface area contributed by atoms with E-state index in [9.17, 15) is 9.59 Å². The maximum atomic E-state index is 11.5. The van der Waals surface area contributed by atoms with Gasteiger partial charge in [-0.25, -0.2) is 0 Å². The van der Waals surface area contributed by atoms with Gasteiger partial charge < -0.3 is 15.4 Å². The molecule has 0 fully saturated rings. The normalized spacial score (nSPS) is 12.5. The van der Waals surface area contributed by atoms with Gasteiger partial charge in [0.25, 0.3) is 0 Å². The van der Waals surface area contributed by atoms with E-state index in [2.05, 4.69) is 10.5 Å². The molecule has 0 aromatic rings. The molecule has 0 radical (unpaired) electrons. The van der Waals surface area contributed by atoms with Crippen molar-refractivity contribution in [1.82, 2.24) is 10.2 Å². The molecule has 7 heteroatoms. The van der Waals surface area contributed by atoms with Crippen LogP contribution < -0.4 is 5.32 Å². The van der Waals surface area contributed by atoms with E-state index in [4.69, 9.17) is 5.21 Å². The number of carbonyl (C=O) groups is 2. The highest BCUT2D eigenvalue weighted by atomic mass is 32.2. The Hall–Kier alpha value is -1.24. The fourth-order valence-corrected chi connectivity index (χ4v) is 1.43. The largest absolute Gasteiger partial charge is 0.410 e. The first-order chi connectivity index (χ1) is 6.54. The molecule has 0 aliphatic heterocycles. The third-order valence-corrected chi connectivity index (χ3v) is 2.30. The summed E-state index contributed by atoms with van der Waals surface area (Å²) in [5.74, 6) is -0.775. The van der Waals surface area contributed by atoms with E-state index in [0.717, 1.165) is 17.3 Å². The van der Waals surface area contributed by atoms with Crippen molar-refractivity contribution in [2.75, 3.05) is 21.1 Å². The van der Waals surface area contributed by atoms with E-state index in [1.165, 1.54) is 11.9 Å². The fraction of sp³-hybridized carbons (Fsp3) is 0.571. The third-order valence-electron chi connectivity index (χ3n) is 1.39. The van der Waals surface area contributed by atoms with E-state index < -0.39 is 11.2 Å². The fourth-order valence-electron chi connectivity index (χ4n) is 0.686. The quantitative estimate of drug-likeness (QED) is 0.216. The van der Waals surface area contributed by atoms with E-state index >= 15 is 0 Å². The van der Waals surface area contributed by atoms with Crippen LogP contribution in [0.1, 0.15) is 0 Å². The van der Waals surface area contributed by atoms with Crippen LogP contribution in [0.25, 0.3) is 0 Å². The number of rotatable bonds is 4.